The largest absolute Gasteiger partial charge is 0.480 e. The van der Waals surface area contributed by atoms with Crippen LogP contribution < -0.4 is 5.32 Å². The first-order valence-corrected chi connectivity index (χ1v) is 7.25. The number of nitrogens with zero attached hydrogens (tertiary/aromatic N) is 1. The molecule has 1 saturated heterocycles. The third-order valence-corrected chi connectivity index (χ3v) is 3.46. The summed E-state index contributed by atoms with van der Waals surface area (Å²) in [6, 6.07) is -0.935. The SMILES string of the molecule is CC(=O)N1CCC(OC(=O)NC(CC(C)C)C(=O)O)CC1. The Morgan fingerprint density at radius 1 is 1.29 bits per heavy atom. The standard InChI is InChI=1S/C14H24N2O5/c1-9(2)8-12(13(18)19)15-14(20)21-11-4-6-16(7-5-11)10(3)17/h9,11-12H,4-8H2,1-3H3,(H,15,20)(H,18,19). The van der Waals surface area contributed by atoms with Crippen LogP contribution in [0.5, 0.6) is 0 Å². The number of carboxylic acid groups (broad SMARTS) is 1. The van der Waals surface area contributed by atoms with Gasteiger partial charge in [0.1, 0.15) is 12.1 Å². The first-order chi connectivity index (χ1) is 9.79. The van der Waals surface area contributed by atoms with Crippen molar-refractivity contribution in [2.75, 3.05) is 13.1 Å². The number of carbonyl (C=O) groups is 3. The molecule has 7 heteroatoms. The number of aliphatic carboxylic acids is 1. The van der Waals surface area contributed by atoms with Crippen LogP contribution in [0, 0.1) is 5.92 Å². The van der Waals surface area contributed by atoms with Crippen molar-refractivity contribution in [1.29, 1.82) is 0 Å². The molecule has 0 saturated carbocycles. The Morgan fingerprint density at radius 3 is 2.29 bits per heavy atom. The topological polar surface area (TPSA) is 95.9 Å². The zero-order valence-electron chi connectivity index (χ0n) is 12.8. The van der Waals surface area contributed by atoms with Crippen LogP contribution in [0.3, 0.4) is 0 Å². The Labute approximate surface area is 124 Å². The molecule has 21 heavy (non-hydrogen) atoms. The minimum atomic E-state index is -1.06. The average molecular weight is 300 g/mol. The highest BCUT2D eigenvalue weighted by atomic mass is 16.6. The summed E-state index contributed by atoms with van der Waals surface area (Å²) in [5, 5.41) is 11.4. The first kappa shape index (κ1) is 17.3. The van der Waals surface area contributed by atoms with E-state index in [9.17, 15) is 14.4 Å². The number of carbonyl (C=O) groups excluding carboxylic acids is 2. The van der Waals surface area contributed by atoms with E-state index in [1.165, 1.54) is 6.92 Å². The molecule has 1 heterocycles. The van der Waals surface area contributed by atoms with Crippen LogP contribution in [0.25, 0.3) is 0 Å². The molecular weight excluding hydrogens is 276 g/mol. The van der Waals surface area contributed by atoms with Crippen LogP contribution in [0.1, 0.15) is 40.0 Å². The lowest BCUT2D eigenvalue weighted by molar-refractivity contribution is -0.140. The van der Waals surface area contributed by atoms with E-state index in [2.05, 4.69) is 5.32 Å². The number of hydrogen-bond acceptors (Lipinski definition) is 4. The van der Waals surface area contributed by atoms with Crippen LogP contribution in [0.2, 0.25) is 0 Å². The third kappa shape index (κ3) is 6.01. The van der Waals surface area contributed by atoms with Crippen molar-refractivity contribution in [3.05, 3.63) is 0 Å². The molecule has 1 rings (SSSR count). The van der Waals surface area contributed by atoms with E-state index >= 15 is 0 Å². The van der Waals surface area contributed by atoms with Gasteiger partial charge in [-0.05, 0) is 12.3 Å². The van der Waals surface area contributed by atoms with Crippen molar-refractivity contribution in [1.82, 2.24) is 10.2 Å². The van der Waals surface area contributed by atoms with E-state index < -0.39 is 18.1 Å². The minimum Gasteiger partial charge on any atom is -0.480 e. The van der Waals surface area contributed by atoms with Crippen molar-refractivity contribution < 1.29 is 24.2 Å². The summed E-state index contributed by atoms with van der Waals surface area (Å²) in [6.45, 7) is 6.40. The predicted octanol–water partition coefficient (Wildman–Crippen LogP) is 1.22. The van der Waals surface area contributed by atoms with Gasteiger partial charge in [-0.2, -0.15) is 0 Å². The van der Waals surface area contributed by atoms with Crippen molar-refractivity contribution in [2.45, 2.75) is 52.2 Å². The van der Waals surface area contributed by atoms with Gasteiger partial charge in [-0.3, -0.25) is 4.79 Å². The molecule has 0 aromatic heterocycles. The molecule has 0 aromatic carbocycles. The van der Waals surface area contributed by atoms with Crippen molar-refractivity contribution in [3.8, 4) is 0 Å². The number of alkyl carbamates (subject to hydrolysis) is 1. The summed E-state index contributed by atoms with van der Waals surface area (Å²) in [6.07, 6.45) is 0.537. The quantitative estimate of drug-likeness (QED) is 0.796. The second-order valence-electron chi connectivity index (χ2n) is 5.78. The number of ether oxygens (including phenoxy) is 1. The normalized spacial score (nSPS) is 17.4. The van der Waals surface area contributed by atoms with Gasteiger partial charge >= 0.3 is 12.1 Å². The molecule has 120 valence electrons. The average Bonchev–Trinajstić information content (AvgIpc) is 2.37. The van der Waals surface area contributed by atoms with E-state index in [0.717, 1.165) is 0 Å². The fraction of sp³-hybridized carbons (Fsp3) is 0.786. The molecule has 1 atom stereocenters. The van der Waals surface area contributed by atoms with Crippen molar-refractivity contribution in [3.63, 3.8) is 0 Å². The maximum Gasteiger partial charge on any atom is 0.408 e. The van der Waals surface area contributed by atoms with Gasteiger partial charge in [-0.1, -0.05) is 13.8 Å². The van der Waals surface area contributed by atoms with Crippen LogP contribution in [-0.2, 0) is 14.3 Å². The highest BCUT2D eigenvalue weighted by molar-refractivity contribution is 5.80. The van der Waals surface area contributed by atoms with Gasteiger partial charge in [0, 0.05) is 32.9 Å². The fourth-order valence-electron chi connectivity index (χ4n) is 2.31. The Morgan fingerprint density at radius 2 is 1.86 bits per heavy atom. The molecule has 1 fully saturated rings. The molecular formula is C14H24N2O5. The lowest BCUT2D eigenvalue weighted by Gasteiger charge is -2.31. The van der Waals surface area contributed by atoms with E-state index in [-0.39, 0.29) is 17.9 Å². The van der Waals surface area contributed by atoms with E-state index in [1.807, 2.05) is 13.8 Å². The molecule has 0 bridgehead atoms. The number of piperidine rings is 1. The van der Waals surface area contributed by atoms with Gasteiger partial charge in [-0.25, -0.2) is 9.59 Å². The molecule has 2 amide bonds. The molecule has 2 N–H and O–H groups in total. The molecule has 0 aliphatic carbocycles. The van der Waals surface area contributed by atoms with Crippen LogP contribution in [0.15, 0.2) is 0 Å². The number of hydrogen-bond donors (Lipinski definition) is 2. The zero-order valence-corrected chi connectivity index (χ0v) is 12.8. The Balaban J connectivity index is 2.39. The van der Waals surface area contributed by atoms with Crippen LogP contribution in [-0.4, -0.2) is 53.2 Å². The number of amides is 2. The number of carboxylic acids is 1. The number of likely N-dealkylation sites (tertiary alicyclic amines) is 1. The highest BCUT2D eigenvalue weighted by Gasteiger charge is 2.26. The Hall–Kier alpha value is -1.79. The first-order valence-electron chi connectivity index (χ1n) is 7.25. The maximum absolute atomic E-state index is 11.7. The van der Waals surface area contributed by atoms with Crippen molar-refractivity contribution >= 4 is 18.0 Å². The highest BCUT2D eigenvalue weighted by Crippen LogP contribution is 2.14. The van der Waals surface area contributed by atoms with E-state index in [4.69, 9.17) is 9.84 Å². The Bertz CT molecular complexity index is 389. The second-order valence-corrected chi connectivity index (χ2v) is 5.78. The third-order valence-electron chi connectivity index (χ3n) is 3.46. The minimum absolute atomic E-state index is 0.0146. The molecule has 0 spiro atoms. The summed E-state index contributed by atoms with van der Waals surface area (Å²) >= 11 is 0. The molecule has 1 unspecified atom stereocenters. The smallest absolute Gasteiger partial charge is 0.408 e. The maximum atomic E-state index is 11.7. The summed E-state index contributed by atoms with van der Waals surface area (Å²) in [5.41, 5.74) is 0. The van der Waals surface area contributed by atoms with Gasteiger partial charge in [-0.15, -0.1) is 0 Å². The van der Waals surface area contributed by atoms with Gasteiger partial charge in [0.05, 0.1) is 0 Å². The molecule has 7 nitrogen and oxygen atoms in total. The van der Waals surface area contributed by atoms with Crippen molar-refractivity contribution in [2.24, 2.45) is 5.92 Å². The summed E-state index contributed by atoms with van der Waals surface area (Å²) in [4.78, 5) is 35.7. The van der Waals surface area contributed by atoms with Crippen LogP contribution in [0.4, 0.5) is 4.79 Å². The number of nitrogens with one attached hydrogen (secondary N) is 1. The van der Waals surface area contributed by atoms with Gasteiger partial charge < -0.3 is 20.1 Å². The van der Waals surface area contributed by atoms with E-state index in [1.54, 1.807) is 4.90 Å². The van der Waals surface area contributed by atoms with E-state index in [0.29, 0.717) is 32.4 Å². The summed E-state index contributed by atoms with van der Waals surface area (Å²) < 4.78 is 5.23. The van der Waals surface area contributed by atoms with Gasteiger partial charge in [0.2, 0.25) is 5.91 Å². The zero-order chi connectivity index (χ0) is 16.0. The lowest BCUT2D eigenvalue weighted by atomic mass is 10.0. The summed E-state index contributed by atoms with van der Waals surface area (Å²) in [5.74, 6) is -0.891. The lowest BCUT2D eigenvalue weighted by Crippen LogP contribution is -2.45. The molecule has 1 aliphatic heterocycles. The molecule has 0 aromatic rings. The Kier molecular flexibility index (Phi) is 6.45. The molecule has 0 radical (unpaired) electrons. The van der Waals surface area contributed by atoms with Gasteiger partial charge in [0.15, 0.2) is 0 Å². The second kappa shape index (κ2) is 7.85. The van der Waals surface area contributed by atoms with Gasteiger partial charge in [0.25, 0.3) is 0 Å². The monoisotopic (exact) mass is 300 g/mol. The molecule has 1 aliphatic rings. The fourth-order valence-corrected chi connectivity index (χ4v) is 2.31. The van der Waals surface area contributed by atoms with Crippen LogP contribution >= 0.6 is 0 Å². The number of rotatable bonds is 5. The summed E-state index contributed by atoms with van der Waals surface area (Å²) in [7, 11) is 0. The predicted molar refractivity (Wildman–Crippen MR) is 75.8 cm³/mol.